The molecule has 0 aliphatic heterocycles. The van der Waals surface area contributed by atoms with Gasteiger partial charge in [0.2, 0.25) is 0 Å². The Kier molecular flexibility index (Phi) is 3.34. The highest BCUT2D eigenvalue weighted by Gasteiger charge is 2.15. The van der Waals surface area contributed by atoms with Gasteiger partial charge in [0.1, 0.15) is 5.75 Å². The first-order chi connectivity index (χ1) is 6.66. The largest absolute Gasteiger partial charge is 0.506 e. The smallest absolute Gasteiger partial charge is 0.411 e. The van der Waals surface area contributed by atoms with Crippen molar-refractivity contribution in [2.45, 2.75) is 13.3 Å². The topological polar surface area (TPSA) is 60.8 Å². The predicted molar refractivity (Wildman–Crippen MR) is 53.8 cm³/mol. The van der Waals surface area contributed by atoms with E-state index < -0.39 is 6.09 Å². The van der Waals surface area contributed by atoms with Gasteiger partial charge in [-0.3, -0.25) is 4.90 Å². The Morgan fingerprint density at radius 1 is 1.43 bits per heavy atom. The molecule has 0 fully saturated rings. The lowest BCUT2D eigenvalue weighted by Gasteiger charge is -2.19. The van der Waals surface area contributed by atoms with E-state index in [1.807, 2.05) is 6.92 Å². The van der Waals surface area contributed by atoms with Crippen molar-refractivity contribution in [3.05, 3.63) is 24.3 Å². The molecule has 0 aliphatic rings. The third kappa shape index (κ3) is 2.16. The molecule has 0 radical (unpaired) electrons. The molecule has 1 aromatic rings. The van der Waals surface area contributed by atoms with Gasteiger partial charge in [-0.2, -0.15) is 0 Å². The van der Waals surface area contributed by atoms with Crippen molar-refractivity contribution in [2.24, 2.45) is 0 Å². The van der Waals surface area contributed by atoms with Crippen LogP contribution in [0.25, 0.3) is 0 Å². The van der Waals surface area contributed by atoms with Crippen molar-refractivity contribution in [2.75, 3.05) is 11.4 Å². The van der Waals surface area contributed by atoms with E-state index in [9.17, 15) is 9.90 Å². The van der Waals surface area contributed by atoms with Crippen molar-refractivity contribution in [1.82, 2.24) is 0 Å². The van der Waals surface area contributed by atoms with Crippen molar-refractivity contribution in [3.8, 4) is 5.75 Å². The Morgan fingerprint density at radius 2 is 2.07 bits per heavy atom. The number of para-hydroxylation sites is 2. The molecule has 0 unspecified atom stereocenters. The summed E-state index contributed by atoms with van der Waals surface area (Å²) in [5, 5.41) is 18.3. The molecule has 0 atom stereocenters. The Balaban J connectivity index is 2.99. The zero-order valence-electron chi connectivity index (χ0n) is 7.97. The van der Waals surface area contributed by atoms with E-state index >= 15 is 0 Å². The summed E-state index contributed by atoms with van der Waals surface area (Å²) in [7, 11) is 0. The zero-order valence-corrected chi connectivity index (χ0v) is 7.97. The summed E-state index contributed by atoms with van der Waals surface area (Å²) in [6.07, 6.45) is -0.339. The van der Waals surface area contributed by atoms with Gasteiger partial charge in [-0.1, -0.05) is 19.1 Å². The Morgan fingerprint density at radius 3 is 2.57 bits per heavy atom. The molecule has 4 heteroatoms. The molecule has 2 N–H and O–H groups in total. The molecular weight excluding hydrogens is 182 g/mol. The highest BCUT2D eigenvalue weighted by atomic mass is 16.4. The van der Waals surface area contributed by atoms with Gasteiger partial charge in [-0.15, -0.1) is 0 Å². The lowest BCUT2D eigenvalue weighted by Crippen LogP contribution is -2.29. The highest BCUT2D eigenvalue weighted by Crippen LogP contribution is 2.26. The van der Waals surface area contributed by atoms with Crippen LogP contribution in [0, 0.1) is 0 Å². The second-order valence-electron chi connectivity index (χ2n) is 2.92. The van der Waals surface area contributed by atoms with Crippen molar-refractivity contribution in [3.63, 3.8) is 0 Å². The molecule has 4 nitrogen and oxygen atoms in total. The number of phenolic OH excluding ortho intramolecular Hbond substituents is 1. The number of phenols is 1. The first-order valence-corrected chi connectivity index (χ1v) is 4.45. The number of anilines is 1. The molecule has 0 aromatic heterocycles. The van der Waals surface area contributed by atoms with Crippen molar-refractivity contribution < 1.29 is 15.0 Å². The fraction of sp³-hybridized carbons (Fsp3) is 0.300. The molecule has 0 saturated carbocycles. The summed E-state index contributed by atoms with van der Waals surface area (Å²) in [5.41, 5.74) is 0.335. The monoisotopic (exact) mass is 195 g/mol. The Labute approximate surface area is 82.4 Å². The van der Waals surface area contributed by atoms with Crippen LogP contribution in [0.4, 0.5) is 10.5 Å². The summed E-state index contributed by atoms with van der Waals surface area (Å²) in [6.45, 7) is 2.27. The third-order valence-corrected chi connectivity index (χ3v) is 1.85. The SMILES string of the molecule is CCCN(C(=O)O)c1ccccc1O. The van der Waals surface area contributed by atoms with Crippen molar-refractivity contribution >= 4 is 11.8 Å². The maximum Gasteiger partial charge on any atom is 0.411 e. The molecule has 0 heterocycles. The summed E-state index contributed by atoms with van der Waals surface area (Å²) in [6, 6.07) is 6.41. The number of aromatic hydroxyl groups is 1. The second kappa shape index (κ2) is 4.50. The number of carbonyl (C=O) groups is 1. The van der Waals surface area contributed by atoms with Gasteiger partial charge in [-0.05, 0) is 18.6 Å². The zero-order chi connectivity index (χ0) is 10.6. The van der Waals surface area contributed by atoms with Crippen LogP contribution in [-0.4, -0.2) is 22.9 Å². The van der Waals surface area contributed by atoms with Gasteiger partial charge < -0.3 is 10.2 Å². The van der Waals surface area contributed by atoms with Crippen LogP contribution in [-0.2, 0) is 0 Å². The molecule has 1 rings (SSSR count). The molecule has 0 saturated heterocycles. The fourth-order valence-electron chi connectivity index (χ4n) is 1.24. The number of benzene rings is 1. The molecular formula is C10H13NO3. The standard InChI is InChI=1S/C10H13NO3/c1-2-7-11(10(13)14)8-5-3-4-6-9(8)12/h3-6,12H,2,7H2,1H3,(H,13,14). The predicted octanol–water partition coefficient (Wildman–Crippen LogP) is 2.29. The molecule has 14 heavy (non-hydrogen) atoms. The number of amides is 1. The quantitative estimate of drug-likeness (QED) is 0.777. The van der Waals surface area contributed by atoms with E-state index in [1.165, 1.54) is 6.07 Å². The number of hydrogen-bond acceptors (Lipinski definition) is 2. The number of rotatable bonds is 3. The van der Waals surface area contributed by atoms with Crippen LogP contribution in [0.1, 0.15) is 13.3 Å². The van der Waals surface area contributed by atoms with Crippen LogP contribution < -0.4 is 4.90 Å². The van der Waals surface area contributed by atoms with Gasteiger partial charge in [0.05, 0.1) is 5.69 Å². The minimum Gasteiger partial charge on any atom is -0.506 e. The average molecular weight is 195 g/mol. The van der Waals surface area contributed by atoms with Crippen LogP contribution in [0.3, 0.4) is 0 Å². The summed E-state index contributed by atoms with van der Waals surface area (Å²) in [5.74, 6) is -0.0108. The van der Waals surface area contributed by atoms with Crippen LogP contribution in [0.5, 0.6) is 5.75 Å². The summed E-state index contributed by atoms with van der Waals surface area (Å²) in [4.78, 5) is 12.0. The summed E-state index contributed by atoms with van der Waals surface area (Å²) >= 11 is 0. The summed E-state index contributed by atoms with van der Waals surface area (Å²) < 4.78 is 0. The van der Waals surface area contributed by atoms with Crippen LogP contribution in [0.2, 0.25) is 0 Å². The first-order valence-electron chi connectivity index (χ1n) is 4.45. The lowest BCUT2D eigenvalue weighted by molar-refractivity contribution is 0.201. The maximum absolute atomic E-state index is 10.9. The van der Waals surface area contributed by atoms with Gasteiger partial charge >= 0.3 is 6.09 Å². The van der Waals surface area contributed by atoms with E-state index in [-0.39, 0.29) is 5.75 Å². The lowest BCUT2D eigenvalue weighted by atomic mass is 10.2. The van der Waals surface area contributed by atoms with E-state index in [4.69, 9.17) is 5.11 Å². The number of hydrogen-bond donors (Lipinski definition) is 2. The van der Waals surface area contributed by atoms with Gasteiger partial charge in [0.15, 0.2) is 0 Å². The van der Waals surface area contributed by atoms with Crippen LogP contribution >= 0.6 is 0 Å². The third-order valence-electron chi connectivity index (χ3n) is 1.85. The Bertz CT molecular complexity index is 325. The minimum absolute atomic E-state index is 0.0108. The van der Waals surface area contributed by atoms with Crippen LogP contribution in [0.15, 0.2) is 24.3 Å². The fourth-order valence-corrected chi connectivity index (χ4v) is 1.24. The van der Waals surface area contributed by atoms with E-state index in [0.29, 0.717) is 18.7 Å². The van der Waals surface area contributed by atoms with Gasteiger partial charge in [0.25, 0.3) is 0 Å². The normalized spacial score (nSPS) is 9.79. The van der Waals surface area contributed by atoms with Gasteiger partial charge in [0, 0.05) is 6.54 Å². The molecule has 1 aromatic carbocycles. The minimum atomic E-state index is -1.05. The van der Waals surface area contributed by atoms with Gasteiger partial charge in [-0.25, -0.2) is 4.79 Å². The van der Waals surface area contributed by atoms with E-state index in [0.717, 1.165) is 4.90 Å². The molecule has 0 spiro atoms. The Hall–Kier alpha value is -1.71. The molecule has 0 bridgehead atoms. The molecule has 1 amide bonds. The number of nitrogens with zero attached hydrogens (tertiary/aromatic N) is 1. The van der Waals surface area contributed by atoms with Crippen molar-refractivity contribution in [1.29, 1.82) is 0 Å². The maximum atomic E-state index is 10.9. The first kappa shape index (κ1) is 10.4. The highest BCUT2D eigenvalue weighted by molar-refractivity contribution is 5.87. The average Bonchev–Trinajstić information content (AvgIpc) is 2.15. The van der Waals surface area contributed by atoms with E-state index in [1.54, 1.807) is 18.2 Å². The van der Waals surface area contributed by atoms with E-state index in [2.05, 4.69) is 0 Å². The second-order valence-corrected chi connectivity index (χ2v) is 2.92. The number of carboxylic acid groups (broad SMARTS) is 1. The molecule has 76 valence electrons. The molecule has 0 aliphatic carbocycles.